The number of ether oxygens (including phenoxy) is 1. The van der Waals surface area contributed by atoms with Gasteiger partial charge in [-0.05, 0) is 57.2 Å². The Hall–Kier alpha value is -3.55. The van der Waals surface area contributed by atoms with Crippen LogP contribution in [-0.4, -0.2) is 24.9 Å². The molecule has 0 spiro atoms. The van der Waals surface area contributed by atoms with Gasteiger partial charge in [-0.15, -0.1) is 0 Å². The van der Waals surface area contributed by atoms with E-state index in [1.165, 1.54) is 0 Å². The average molecular weight is 551 g/mol. The van der Waals surface area contributed by atoms with Gasteiger partial charge in [-0.1, -0.05) is 35.3 Å². The predicted octanol–water partition coefficient (Wildman–Crippen LogP) is 6.49. The number of benzene rings is 2. The Morgan fingerprint density at radius 2 is 1.66 bits per heavy atom. The highest BCUT2D eigenvalue weighted by Gasteiger charge is 2.24. The lowest BCUT2D eigenvalue weighted by molar-refractivity contribution is -0.154. The Morgan fingerprint density at radius 3 is 2.34 bits per heavy atom. The molecule has 0 bridgehead atoms. The Morgan fingerprint density at radius 1 is 0.921 bits per heavy atom. The van der Waals surface area contributed by atoms with E-state index in [0.717, 1.165) is 38.9 Å². The predicted molar refractivity (Wildman–Crippen MR) is 153 cm³/mol. The first-order valence-corrected chi connectivity index (χ1v) is 12.9. The maximum absolute atomic E-state index is 13.4. The molecular weight excluding hydrogens is 523 g/mol. The molecule has 7 nitrogen and oxygen atoms in total. The maximum Gasteiger partial charge on any atom is 0.311 e. The molecule has 3 heterocycles. The van der Waals surface area contributed by atoms with Gasteiger partial charge in [0.25, 0.3) is 5.56 Å². The minimum atomic E-state index is -0.573. The second-order valence-electron chi connectivity index (χ2n) is 10.5. The molecule has 196 valence electrons. The molecule has 2 aromatic carbocycles. The lowest BCUT2D eigenvalue weighted by Gasteiger charge is -2.16. The van der Waals surface area contributed by atoms with Crippen LogP contribution in [0.1, 0.15) is 26.5 Å². The molecule has 0 aliphatic rings. The highest BCUT2D eigenvalue weighted by atomic mass is 35.5. The number of fused-ring (bicyclic) bond motifs is 3. The van der Waals surface area contributed by atoms with Gasteiger partial charge < -0.3 is 9.30 Å². The van der Waals surface area contributed by atoms with E-state index in [1.807, 2.05) is 63.7 Å². The number of rotatable bonds is 4. The van der Waals surface area contributed by atoms with Gasteiger partial charge in [-0.25, -0.2) is 0 Å². The van der Waals surface area contributed by atoms with E-state index >= 15 is 0 Å². The molecule has 0 aliphatic heterocycles. The first kappa shape index (κ1) is 26.1. The monoisotopic (exact) mass is 550 g/mol. The number of carbonyl (C=O) groups is 1. The van der Waals surface area contributed by atoms with E-state index in [2.05, 4.69) is 11.2 Å². The third kappa shape index (κ3) is 4.40. The molecular formula is C29H28Cl2N4O3. The number of pyridine rings is 1. The number of nitrogens with zero attached hydrogens (tertiary/aromatic N) is 4. The van der Waals surface area contributed by atoms with Crippen molar-refractivity contribution in [3.63, 3.8) is 0 Å². The fourth-order valence-electron chi connectivity index (χ4n) is 4.69. The van der Waals surface area contributed by atoms with Crippen molar-refractivity contribution < 1.29 is 9.53 Å². The quantitative estimate of drug-likeness (QED) is 0.239. The number of aryl methyl sites for hydroxylation is 3. The minimum Gasteiger partial charge on any atom is -0.459 e. The molecule has 0 saturated heterocycles. The van der Waals surface area contributed by atoms with Crippen LogP contribution < -0.4 is 5.56 Å². The highest BCUT2D eigenvalue weighted by Crippen LogP contribution is 2.35. The summed E-state index contributed by atoms with van der Waals surface area (Å²) < 4.78 is 10.9. The first-order chi connectivity index (χ1) is 17.9. The summed E-state index contributed by atoms with van der Waals surface area (Å²) in [6, 6.07) is 15.1. The second kappa shape index (κ2) is 9.33. The van der Waals surface area contributed by atoms with E-state index in [9.17, 15) is 9.59 Å². The largest absolute Gasteiger partial charge is 0.459 e. The summed E-state index contributed by atoms with van der Waals surface area (Å²) in [5, 5.41) is 7.49. The van der Waals surface area contributed by atoms with Crippen molar-refractivity contribution in [2.75, 3.05) is 0 Å². The molecule has 5 rings (SSSR count). The molecule has 0 N–H and O–H groups in total. The van der Waals surface area contributed by atoms with Gasteiger partial charge in [0, 0.05) is 53.6 Å². The highest BCUT2D eigenvalue weighted by molar-refractivity contribution is 6.36. The molecule has 0 fully saturated rings. The topological polar surface area (TPSA) is 71.1 Å². The Kier molecular flexibility index (Phi) is 6.40. The summed E-state index contributed by atoms with van der Waals surface area (Å²) >= 11 is 12.6. The number of carbonyl (C=O) groups excluding carboxylic acids is 1. The average Bonchev–Trinajstić information content (AvgIpc) is 3.36. The molecule has 0 amide bonds. The van der Waals surface area contributed by atoms with E-state index in [-0.39, 0.29) is 18.1 Å². The van der Waals surface area contributed by atoms with Crippen LogP contribution in [0.2, 0.25) is 10.0 Å². The number of aromatic nitrogens is 4. The number of hydrogen-bond acceptors (Lipinski definition) is 4. The zero-order valence-corrected chi connectivity index (χ0v) is 23.6. The molecule has 3 aromatic heterocycles. The van der Waals surface area contributed by atoms with E-state index in [0.29, 0.717) is 21.2 Å². The summed E-state index contributed by atoms with van der Waals surface area (Å²) in [6.07, 6.45) is 0. The third-order valence-corrected chi connectivity index (χ3v) is 7.35. The van der Waals surface area contributed by atoms with Crippen molar-refractivity contribution in [2.45, 2.75) is 27.4 Å². The summed E-state index contributed by atoms with van der Waals surface area (Å²) in [5.41, 5.74) is 4.65. The number of esters is 1. The van der Waals surface area contributed by atoms with Crippen LogP contribution >= 0.6 is 23.2 Å². The Labute approximate surface area is 230 Å². The van der Waals surface area contributed by atoms with Crippen LogP contribution in [-0.2, 0) is 37.3 Å². The van der Waals surface area contributed by atoms with Gasteiger partial charge in [-0.2, -0.15) is 5.10 Å². The zero-order valence-electron chi connectivity index (χ0n) is 22.1. The third-order valence-electron chi connectivity index (χ3n) is 6.81. The van der Waals surface area contributed by atoms with Gasteiger partial charge in [0.2, 0.25) is 0 Å². The second-order valence-corrected chi connectivity index (χ2v) is 11.4. The normalized spacial score (nSPS) is 12.0. The molecule has 0 atom stereocenters. The molecule has 0 unspecified atom stereocenters. The SMILES string of the molecule is Cn1nc(-c2ccc3c(c2)c2cc(-c4ccc(Cl)cc4Cl)c(=O)n(C)c2n3C)cc1COC(=O)C(C)(C)C. The molecule has 5 aromatic rings. The number of halogens is 2. The van der Waals surface area contributed by atoms with Gasteiger partial charge >= 0.3 is 5.97 Å². The lowest BCUT2D eigenvalue weighted by atomic mass is 9.97. The summed E-state index contributed by atoms with van der Waals surface area (Å²) in [4.78, 5) is 25.6. The van der Waals surface area contributed by atoms with Crippen LogP contribution in [0.15, 0.2) is 53.3 Å². The van der Waals surface area contributed by atoms with Crippen LogP contribution in [0, 0.1) is 5.41 Å². The van der Waals surface area contributed by atoms with Crippen molar-refractivity contribution in [2.24, 2.45) is 26.6 Å². The fourth-order valence-corrected chi connectivity index (χ4v) is 5.20. The zero-order chi connectivity index (χ0) is 27.5. The van der Waals surface area contributed by atoms with Gasteiger partial charge in [0.15, 0.2) is 0 Å². The van der Waals surface area contributed by atoms with Crippen molar-refractivity contribution in [3.8, 4) is 22.4 Å². The molecule has 0 saturated carbocycles. The van der Waals surface area contributed by atoms with Crippen LogP contribution in [0.4, 0.5) is 0 Å². The smallest absolute Gasteiger partial charge is 0.311 e. The van der Waals surface area contributed by atoms with Crippen molar-refractivity contribution >= 4 is 51.1 Å². The fraction of sp³-hybridized carbons (Fsp3) is 0.276. The molecule has 38 heavy (non-hydrogen) atoms. The van der Waals surface area contributed by atoms with E-state index in [4.69, 9.17) is 27.9 Å². The first-order valence-electron chi connectivity index (χ1n) is 12.1. The van der Waals surface area contributed by atoms with Crippen molar-refractivity contribution in [3.05, 3.63) is 74.6 Å². The molecule has 0 radical (unpaired) electrons. The molecule has 0 aliphatic carbocycles. The van der Waals surface area contributed by atoms with Gasteiger partial charge in [0.05, 0.1) is 27.3 Å². The van der Waals surface area contributed by atoms with Crippen LogP contribution in [0.5, 0.6) is 0 Å². The summed E-state index contributed by atoms with van der Waals surface area (Å²) in [6.45, 7) is 5.62. The Balaban J connectivity index is 1.63. The minimum absolute atomic E-state index is 0.142. The van der Waals surface area contributed by atoms with Crippen molar-refractivity contribution in [1.29, 1.82) is 0 Å². The molecule has 9 heteroatoms. The van der Waals surface area contributed by atoms with Gasteiger partial charge in [-0.3, -0.25) is 18.8 Å². The number of hydrogen-bond donors (Lipinski definition) is 0. The van der Waals surface area contributed by atoms with Crippen LogP contribution in [0.25, 0.3) is 44.3 Å². The van der Waals surface area contributed by atoms with E-state index in [1.54, 1.807) is 34.5 Å². The van der Waals surface area contributed by atoms with Gasteiger partial charge in [0.1, 0.15) is 12.3 Å². The van der Waals surface area contributed by atoms with Crippen LogP contribution in [0.3, 0.4) is 0 Å². The summed E-state index contributed by atoms with van der Waals surface area (Å²) in [7, 11) is 5.54. The standard InChI is InChI=1S/C29H28Cl2N4O3/c1-29(2,3)28(37)38-15-18-13-24(32-35(18)6)16-7-10-25-20(11-16)21-14-22(19-9-8-17(30)12-23(19)31)27(36)34(5)26(21)33(25)4/h7-14H,15H2,1-6H3. The van der Waals surface area contributed by atoms with E-state index < -0.39 is 5.41 Å². The maximum atomic E-state index is 13.4. The lowest BCUT2D eigenvalue weighted by Crippen LogP contribution is -2.23. The Bertz CT molecular complexity index is 1810. The van der Waals surface area contributed by atoms with Crippen molar-refractivity contribution in [1.82, 2.24) is 18.9 Å². The summed E-state index contributed by atoms with van der Waals surface area (Å²) in [5.74, 6) is -0.264.